The third-order valence-corrected chi connectivity index (χ3v) is 3.17. The molecule has 0 saturated carbocycles. The van der Waals surface area contributed by atoms with Crippen LogP contribution < -0.4 is 5.32 Å². The fourth-order valence-electron chi connectivity index (χ4n) is 0.768. The molecule has 0 saturated heterocycles. The molecule has 3 heteroatoms. The normalized spacial score (nSPS) is 30.2. The van der Waals surface area contributed by atoms with Crippen LogP contribution in [0.2, 0.25) is 0 Å². The highest BCUT2D eigenvalue weighted by Gasteiger charge is 2.23. The molecule has 0 aromatic rings. The Bertz CT molecular complexity index is 161. The molecular formula is C7H10ClNS. The predicted octanol–water partition coefficient (Wildman–Crippen LogP) is 1.96. The van der Waals surface area contributed by atoms with Crippen molar-refractivity contribution in [2.75, 3.05) is 12.1 Å². The van der Waals surface area contributed by atoms with Gasteiger partial charge in [0.2, 0.25) is 0 Å². The first-order chi connectivity index (χ1) is 4.83. The van der Waals surface area contributed by atoms with Crippen molar-refractivity contribution in [3.8, 4) is 0 Å². The van der Waals surface area contributed by atoms with Gasteiger partial charge in [0.25, 0.3) is 0 Å². The molecule has 0 aromatic carbocycles. The van der Waals surface area contributed by atoms with Crippen LogP contribution in [0.25, 0.3) is 0 Å². The average Bonchev–Trinajstić information content (AvgIpc) is 2.06. The van der Waals surface area contributed by atoms with Crippen LogP contribution in [0.5, 0.6) is 0 Å². The van der Waals surface area contributed by atoms with Crippen molar-refractivity contribution < 1.29 is 0 Å². The van der Waals surface area contributed by atoms with Crippen molar-refractivity contribution in [3.05, 3.63) is 24.4 Å². The summed E-state index contributed by atoms with van der Waals surface area (Å²) in [6.45, 7) is 0. The van der Waals surface area contributed by atoms with Gasteiger partial charge >= 0.3 is 0 Å². The Morgan fingerprint density at radius 3 is 2.70 bits per heavy atom. The van der Waals surface area contributed by atoms with Gasteiger partial charge < -0.3 is 5.32 Å². The van der Waals surface area contributed by atoms with E-state index in [4.69, 9.17) is 11.6 Å². The van der Waals surface area contributed by atoms with Crippen molar-refractivity contribution in [2.24, 2.45) is 0 Å². The molecule has 1 aliphatic rings. The van der Waals surface area contributed by atoms with Crippen LogP contribution in [0.4, 0.5) is 0 Å². The maximum Gasteiger partial charge on any atom is 0.115 e. The monoisotopic (exact) mass is 175 g/mol. The van der Waals surface area contributed by atoms with E-state index in [1.54, 1.807) is 11.8 Å². The quantitative estimate of drug-likeness (QED) is 0.644. The highest BCUT2D eigenvalue weighted by molar-refractivity contribution is 8.00. The second-order valence-electron chi connectivity index (χ2n) is 2.09. The van der Waals surface area contributed by atoms with E-state index in [0.717, 1.165) is 0 Å². The molecule has 10 heavy (non-hydrogen) atoms. The van der Waals surface area contributed by atoms with Crippen LogP contribution in [-0.4, -0.2) is 17.0 Å². The van der Waals surface area contributed by atoms with E-state index >= 15 is 0 Å². The number of nitrogens with one attached hydrogen (secondary N) is 1. The van der Waals surface area contributed by atoms with Gasteiger partial charge in [0.05, 0.1) is 5.88 Å². The first-order valence-electron chi connectivity index (χ1n) is 3.06. The SMILES string of the molecule is CSC1(CCl)C=CC=CN1. The van der Waals surface area contributed by atoms with Crippen molar-refractivity contribution in [1.29, 1.82) is 0 Å². The fourth-order valence-corrected chi connectivity index (χ4v) is 1.77. The summed E-state index contributed by atoms with van der Waals surface area (Å²) in [5, 5.41) is 3.20. The summed E-state index contributed by atoms with van der Waals surface area (Å²) in [5.41, 5.74) is 0. The molecule has 0 radical (unpaired) electrons. The van der Waals surface area contributed by atoms with Crippen LogP contribution in [0.1, 0.15) is 0 Å². The van der Waals surface area contributed by atoms with E-state index in [1.807, 2.05) is 24.6 Å². The van der Waals surface area contributed by atoms with Gasteiger partial charge in [-0.1, -0.05) is 6.08 Å². The molecule has 1 atom stereocenters. The van der Waals surface area contributed by atoms with E-state index in [9.17, 15) is 0 Å². The van der Waals surface area contributed by atoms with Gasteiger partial charge in [-0.2, -0.15) is 0 Å². The van der Waals surface area contributed by atoms with Crippen molar-refractivity contribution in [3.63, 3.8) is 0 Å². The molecular weight excluding hydrogens is 166 g/mol. The third kappa shape index (κ3) is 1.50. The summed E-state index contributed by atoms with van der Waals surface area (Å²) < 4.78 is 0. The Balaban J connectivity index is 2.66. The Morgan fingerprint density at radius 2 is 2.40 bits per heavy atom. The van der Waals surface area contributed by atoms with Gasteiger partial charge in [-0.25, -0.2) is 0 Å². The van der Waals surface area contributed by atoms with Crippen molar-refractivity contribution in [2.45, 2.75) is 4.87 Å². The molecule has 0 aliphatic carbocycles. The second-order valence-corrected chi connectivity index (χ2v) is 3.49. The minimum Gasteiger partial charge on any atom is -0.373 e. The van der Waals surface area contributed by atoms with Crippen molar-refractivity contribution >= 4 is 23.4 Å². The molecule has 0 bridgehead atoms. The molecule has 0 spiro atoms. The van der Waals surface area contributed by atoms with Gasteiger partial charge in [0, 0.05) is 0 Å². The number of halogens is 1. The molecule has 1 aliphatic heterocycles. The molecule has 1 nitrogen and oxygen atoms in total. The van der Waals surface area contributed by atoms with Gasteiger partial charge in [-0.05, 0) is 24.6 Å². The topological polar surface area (TPSA) is 12.0 Å². The lowest BCUT2D eigenvalue weighted by Gasteiger charge is -2.28. The Labute approximate surface area is 70.5 Å². The lowest BCUT2D eigenvalue weighted by atomic mass is 10.2. The Hall–Kier alpha value is -0.0800. The fraction of sp³-hybridized carbons (Fsp3) is 0.429. The molecule has 0 fully saturated rings. The summed E-state index contributed by atoms with van der Waals surface area (Å²) in [6, 6.07) is 0. The third-order valence-electron chi connectivity index (χ3n) is 1.46. The standard InChI is InChI=1S/C7H10ClNS/c1-10-7(6-8)4-2-3-5-9-7/h2-5,9H,6H2,1H3. The van der Waals surface area contributed by atoms with Crippen LogP contribution in [0.15, 0.2) is 24.4 Å². The van der Waals surface area contributed by atoms with Gasteiger partial charge in [0.15, 0.2) is 0 Å². The second kappa shape index (κ2) is 3.35. The zero-order valence-electron chi connectivity index (χ0n) is 5.80. The molecule has 1 unspecified atom stereocenters. The lowest BCUT2D eigenvalue weighted by molar-refractivity contribution is 0.707. The smallest absolute Gasteiger partial charge is 0.115 e. The minimum absolute atomic E-state index is 0.0731. The number of alkyl halides is 1. The first kappa shape index (κ1) is 8.02. The Morgan fingerprint density at radius 1 is 1.60 bits per heavy atom. The summed E-state index contributed by atoms with van der Waals surface area (Å²) in [4.78, 5) is -0.0731. The highest BCUT2D eigenvalue weighted by atomic mass is 35.5. The molecule has 1 heterocycles. The van der Waals surface area contributed by atoms with E-state index < -0.39 is 0 Å². The molecule has 0 aromatic heterocycles. The average molecular weight is 176 g/mol. The molecule has 56 valence electrons. The summed E-state index contributed by atoms with van der Waals surface area (Å²) in [6.07, 6.45) is 10.00. The summed E-state index contributed by atoms with van der Waals surface area (Å²) in [5.74, 6) is 0.592. The number of rotatable bonds is 2. The maximum atomic E-state index is 5.77. The van der Waals surface area contributed by atoms with Crippen molar-refractivity contribution in [1.82, 2.24) is 5.32 Å². The van der Waals surface area contributed by atoms with E-state index in [0.29, 0.717) is 5.88 Å². The Kier molecular flexibility index (Phi) is 2.69. The van der Waals surface area contributed by atoms with Gasteiger partial charge in [-0.3, -0.25) is 0 Å². The maximum absolute atomic E-state index is 5.77. The van der Waals surface area contributed by atoms with Crippen LogP contribution in [0, 0.1) is 0 Å². The largest absolute Gasteiger partial charge is 0.373 e. The van der Waals surface area contributed by atoms with Crippen LogP contribution >= 0.6 is 23.4 Å². The van der Waals surface area contributed by atoms with Gasteiger partial charge in [0.1, 0.15) is 4.87 Å². The number of allylic oxidation sites excluding steroid dienone is 2. The minimum atomic E-state index is -0.0731. The highest BCUT2D eigenvalue weighted by Crippen LogP contribution is 2.24. The molecule has 0 amide bonds. The van der Waals surface area contributed by atoms with E-state index in [2.05, 4.69) is 11.4 Å². The number of dihydropyridines is 1. The predicted molar refractivity (Wildman–Crippen MR) is 48.4 cm³/mol. The number of hydrogen-bond donors (Lipinski definition) is 1. The summed E-state index contributed by atoms with van der Waals surface area (Å²) >= 11 is 7.48. The molecule has 1 rings (SSSR count). The van der Waals surface area contributed by atoms with Crippen LogP contribution in [0.3, 0.4) is 0 Å². The zero-order valence-corrected chi connectivity index (χ0v) is 7.38. The summed E-state index contributed by atoms with van der Waals surface area (Å²) in [7, 11) is 0. The first-order valence-corrected chi connectivity index (χ1v) is 4.82. The lowest BCUT2D eigenvalue weighted by Crippen LogP contribution is -2.39. The zero-order chi connectivity index (χ0) is 7.45. The van der Waals surface area contributed by atoms with Crippen LogP contribution in [-0.2, 0) is 0 Å². The molecule has 1 N–H and O–H groups in total. The number of hydrogen-bond acceptors (Lipinski definition) is 2. The van der Waals surface area contributed by atoms with Gasteiger partial charge in [-0.15, -0.1) is 23.4 Å². The van der Waals surface area contributed by atoms with E-state index in [1.165, 1.54) is 0 Å². The van der Waals surface area contributed by atoms with E-state index in [-0.39, 0.29) is 4.87 Å². The number of thioether (sulfide) groups is 1.